The number of hydrogen-bond donors (Lipinski definition) is 1. The Hall–Kier alpha value is -1.03. The van der Waals surface area contributed by atoms with Crippen molar-refractivity contribution in [3.8, 4) is 0 Å². The summed E-state index contributed by atoms with van der Waals surface area (Å²) in [5.74, 6) is 1.25. The van der Waals surface area contributed by atoms with Crippen LogP contribution in [0.25, 0.3) is 0 Å². The Morgan fingerprint density at radius 3 is 2.50 bits per heavy atom. The van der Waals surface area contributed by atoms with Gasteiger partial charge in [0.1, 0.15) is 5.82 Å². The van der Waals surface area contributed by atoms with Crippen molar-refractivity contribution < 1.29 is 0 Å². The van der Waals surface area contributed by atoms with Gasteiger partial charge in [-0.05, 0) is 32.1 Å². The highest BCUT2D eigenvalue weighted by atomic mass is 15.4. The number of hydrogen-bond acceptors (Lipinski definition) is 3. The fraction of sp³-hybridized carbons (Fsp3) is 0.812. The molecule has 0 aromatic carbocycles. The van der Waals surface area contributed by atoms with Gasteiger partial charge in [-0.3, -0.25) is 4.68 Å². The molecule has 1 saturated carbocycles. The summed E-state index contributed by atoms with van der Waals surface area (Å²) in [6, 6.07) is 1.18. The van der Waals surface area contributed by atoms with E-state index in [1.807, 2.05) is 4.68 Å². The molecule has 1 aromatic heterocycles. The van der Waals surface area contributed by atoms with Gasteiger partial charge in [0.05, 0.1) is 5.69 Å². The molecule has 1 heterocycles. The molecule has 1 fully saturated rings. The first-order valence-corrected chi connectivity index (χ1v) is 7.70. The topological polar surface area (TPSA) is 33.1 Å². The van der Waals surface area contributed by atoms with Crippen molar-refractivity contribution in [1.29, 1.82) is 0 Å². The Labute approximate surface area is 123 Å². The first kappa shape index (κ1) is 15.4. The summed E-state index contributed by atoms with van der Waals surface area (Å²) in [5, 5.41) is 8.25. The number of aryl methyl sites for hydroxylation is 2. The number of rotatable bonds is 5. The molecule has 0 amide bonds. The van der Waals surface area contributed by atoms with Gasteiger partial charge in [0.15, 0.2) is 0 Å². The summed E-state index contributed by atoms with van der Waals surface area (Å²) in [5.41, 5.74) is 2.73. The van der Waals surface area contributed by atoms with Crippen LogP contribution in [0.3, 0.4) is 0 Å². The molecule has 0 bridgehead atoms. The third-order valence-electron chi connectivity index (χ3n) is 4.63. The lowest BCUT2D eigenvalue weighted by atomic mass is 9.87. The van der Waals surface area contributed by atoms with Crippen LogP contribution in [0.4, 0.5) is 5.82 Å². The van der Waals surface area contributed by atoms with Crippen molar-refractivity contribution in [3.05, 3.63) is 11.3 Å². The summed E-state index contributed by atoms with van der Waals surface area (Å²) < 4.78 is 2.03. The zero-order valence-corrected chi connectivity index (χ0v) is 14.1. The van der Waals surface area contributed by atoms with Gasteiger partial charge in [-0.2, -0.15) is 5.10 Å². The first-order valence-electron chi connectivity index (χ1n) is 7.70. The predicted octanol–water partition coefficient (Wildman–Crippen LogP) is 2.85. The van der Waals surface area contributed by atoms with E-state index in [2.05, 4.69) is 64.0 Å². The molecule has 1 atom stereocenters. The van der Waals surface area contributed by atoms with Crippen LogP contribution in [0.5, 0.6) is 0 Å². The largest absolute Gasteiger partial charge is 0.356 e. The SMILES string of the molecule is Cc1nn(C)c(N(C)C(C)C(C)(C)C)c1CNC1CC1. The van der Waals surface area contributed by atoms with E-state index in [0.29, 0.717) is 6.04 Å². The van der Waals surface area contributed by atoms with Gasteiger partial charge in [0.25, 0.3) is 0 Å². The van der Waals surface area contributed by atoms with Crippen LogP contribution in [0.1, 0.15) is 51.8 Å². The lowest BCUT2D eigenvalue weighted by molar-refractivity contribution is 0.326. The van der Waals surface area contributed by atoms with Crippen LogP contribution in [-0.4, -0.2) is 28.9 Å². The zero-order chi connectivity index (χ0) is 15.1. The molecule has 1 aliphatic rings. The maximum Gasteiger partial charge on any atom is 0.131 e. The molecular formula is C16H30N4. The van der Waals surface area contributed by atoms with Crippen LogP contribution in [0.15, 0.2) is 0 Å². The van der Waals surface area contributed by atoms with Gasteiger partial charge in [0, 0.05) is 38.3 Å². The van der Waals surface area contributed by atoms with E-state index < -0.39 is 0 Å². The van der Waals surface area contributed by atoms with Crippen molar-refractivity contribution in [2.45, 2.75) is 66.1 Å². The standard InChI is InChI=1S/C16H30N4/c1-11-14(10-17-13-8-9-13)15(20(7)18-11)19(6)12(2)16(3,4)5/h12-13,17H,8-10H2,1-7H3. The Balaban J connectivity index is 2.24. The normalized spacial score (nSPS) is 17.4. The highest BCUT2D eigenvalue weighted by Crippen LogP contribution is 2.31. The van der Waals surface area contributed by atoms with Gasteiger partial charge >= 0.3 is 0 Å². The van der Waals surface area contributed by atoms with Gasteiger partial charge in [-0.1, -0.05) is 20.8 Å². The minimum absolute atomic E-state index is 0.244. The van der Waals surface area contributed by atoms with E-state index in [0.717, 1.165) is 18.3 Å². The molecule has 4 nitrogen and oxygen atoms in total. The summed E-state index contributed by atoms with van der Waals surface area (Å²) in [6.07, 6.45) is 2.64. The quantitative estimate of drug-likeness (QED) is 0.899. The van der Waals surface area contributed by atoms with Gasteiger partial charge in [0.2, 0.25) is 0 Å². The molecule has 0 aliphatic heterocycles. The Morgan fingerprint density at radius 2 is 2.00 bits per heavy atom. The van der Waals surface area contributed by atoms with Crippen LogP contribution in [0.2, 0.25) is 0 Å². The van der Waals surface area contributed by atoms with E-state index in [9.17, 15) is 0 Å². The summed E-state index contributed by atoms with van der Waals surface area (Å²) in [7, 11) is 4.24. The van der Waals surface area contributed by atoms with Crippen molar-refractivity contribution in [1.82, 2.24) is 15.1 Å². The Kier molecular flexibility index (Phi) is 4.14. The predicted molar refractivity (Wildman–Crippen MR) is 85.1 cm³/mol. The third-order valence-corrected chi connectivity index (χ3v) is 4.63. The maximum atomic E-state index is 4.63. The summed E-state index contributed by atoms with van der Waals surface area (Å²) in [6.45, 7) is 12.2. The molecule has 1 aromatic rings. The lowest BCUT2D eigenvalue weighted by Gasteiger charge is -2.37. The highest BCUT2D eigenvalue weighted by molar-refractivity contribution is 5.50. The minimum atomic E-state index is 0.244. The molecule has 4 heteroatoms. The second-order valence-electron chi connectivity index (χ2n) is 7.32. The fourth-order valence-electron chi connectivity index (χ4n) is 2.64. The minimum Gasteiger partial charge on any atom is -0.356 e. The van der Waals surface area contributed by atoms with E-state index >= 15 is 0 Å². The molecule has 1 aliphatic carbocycles. The second-order valence-corrected chi connectivity index (χ2v) is 7.32. The summed E-state index contributed by atoms with van der Waals surface area (Å²) in [4.78, 5) is 2.38. The van der Waals surface area contributed by atoms with Crippen LogP contribution < -0.4 is 10.2 Å². The smallest absolute Gasteiger partial charge is 0.131 e. The van der Waals surface area contributed by atoms with Crippen LogP contribution in [0, 0.1) is 12.3 Å². The van der Waals surface area contributed by atoms with Gasteiger partial charge in [-0.25, -0.2) is 0 Å². The molecule has 0 radical (unpaired) electrons. The monoisotopic (exact) mass is 278 g/mol. The van der Waals surface area contributed by atoms with Gasteiger partial charge in [-0.15, -0.1) is 0 Å². The van der Waals surface area contributed by atoms with E-state index in [4.69, 9.17) is 0 Å². The molecule has 2 rings (SSSR count). The maximum absolute atomic E-state index is 4.63. The van der Waals surface area contributed by atoms with Gasteiger partial charge < -0.3 is 10.2 Å². The van der Waals surface area contributed by atoms with Crippen LogP contribution in [-0.2, 0) is 13.6 Å². The number of nitrogens with zero attached hydrogens (tertiary/aromatic N) is 3. The Morgan fingerprint density at radius 1 is 1.40 bits per heavy atom. The first-order chi connectivity index (χ1) is 9.21. The number of aromatic nitrogens is 2. The van der Waals surface area contributed by atoms with Crippen molar-refractivity contribution in [3.63, 3.8) is 0 Å². The number of anilines is 1. The van der Waals surface area contributed by atoms with Crippen LogP contribution >= 0.6 is 0 Å². The molecule has 0 saturated heterocycles. The molecular weight excluding hydrogens is 248 g/mol. The summed E-state index contributed by atoms with van der Waals surface area (Å²) >= 11 is 0. The van der Waals surface area contributed by atoms with Crippen molar-refractivity contribution >= 4 is 5.82 Å². The average molecular weight is 278 g/mol. The van der Waals surface area contributed by atoms with E-state index in [1.54, 1.807) is 0 Å². The molecule has 0 spiro atoms. The second kappa shape index (κ2) is 5.40. The molecule has 1 N–H and O–H groups in total. The fourth-order valence-corrected chi connectivity index (χ4v) is 2.64. The van der Waals surface area contributed by atoms with Crippen molar-refractivity contribution in [2.75, 3.05) is 11.9 Å². The molecule has 20 heavy (non-hydrogen) atoms. The average Bonchev–Trinajstić information content (AvgIpc) is 3.10. The van der Waals surface area contributed by atoms with Crippen molar-refractivity contribution in [2.24, 2.45) is 12.5 Å². The third kappa shape index (κ3) is 3.17. The number of nitrogens with one attached hydrogen (secondary N) is 1. The molecule has 114 valence electrons. The van der Waals surface area contributed by atoms with E-state index in [-0.39, 0.29) is 5.41 Å². The van der Waals surface area contributed by atoms with E-state index in [1.165, 1.54) is 24.2 Å². The Bertz CT molecular complexity index is 466. The zero-order valence-electron chi connectivity index (χ0n) is 14.1. The lowest BCUT2D eigenvalue weighted by Crippen LogP contribution is -2.41. The highest BCUT2D eigenvalue weighted by Gasteiger charge is 2.29. The molecule has 1 unspecified atom stereocenters.